The average molecular weight is 482 g/mol. The molecule has 0 radical (unpaired) electrons. The van der Waals surface area contributed by atoms with Crippen LogP contribution in [0.15, 0.2) is 63.4 Å². The molecule has 1 aliphatic heterocycles. The average Bonchev–Trinajstić information content (AvgIpc) is 3.50. The van der Waals surface area contributed by atoms with Crippen molar-refractivity contribution in [2.24, 2.45) is 10.9 Å². The topological polar surface area (TPSA) is 89.9 Å². The number of aliphatic imine (C=N–C) groups is 1. The van der Waals surface area contributed by atoms with Gasteiger partial charge in [0.15, 0.2) is 5.13 Å². The Balaban J connectivity index is 1.79. The number of rotatable bonds is 6. The van der Waals surface area contributed by atoms with E-state index in [1.54, 1.807) is 25.2 Å². The fourth-order valence-electron chi connectivity index (χ4n) is 4.05. The lowest BCUT2D eigenvalue weighted by molar-refractivity contribution is -0.143. The summed E-state index contributed by atoms with van der Waals surface area (Å²) in [5.41, 5.74) is 3.84. The van der Waals surface area contributed by atoms with Crippen molar-refractivity contribution < 1.29 is 19.1 Å². The highest BCUT2D eigenvalue weighted by molar-refractivity contribution is 7.16. The zero-order valence-corrected chi connectivity index (χ0v) is 20.3. The lowest BCUT2D eigenvalue weighted by Gasteiger charge is -2.32. The van der Waals surface area contributed by atoms with Gasteiger partial charge in [0, 0.05) is 28.4 Å². The quantitative estimate of drug-likeness (QED) is 0.474. The Morgan fingerprint density at radius 1 is 1.03 bits per heavy atom. The van der Waals surface area contributed by atoms with Crippen LogP contribution in [0.25, 0.3) is 10.6 Å². The predicted octanol–water partition coefficient (Wildman–Crippen LogP) is 5.41. The largest absolute Gasteiger partial charge is 0.468 e. The van der Waals surface area contributed by atoms with Gasteiger partial charge >= 0.3 is 11.9 Å². The summed E-state index contributed by atoms with van der Waals surface area (Å²) in [5, 5.41) is 8.10. The third kappa shape index (κ3) is 4.46. The second-order valence-electron chi connectivity index (χ2n) is 7.45. The highest BCUT2D eigenvalue weighted by Gasteiger charge is 2.43. The van der Waals surface area contributed by atoms with E-state index in [1.807, 2.05) is 47.2 Å². The van der Waals surface area contributed by atoms with Gasteiger partial charge in [0.2, 0.25) is 0 Å². The van der Waals surface area contributed by atoms with Crippen molar-refractivity contribution in [3.8, 4) is 10.6 Å². The molecule has 0 amide bonds. The number of hydrogen-bond donors (Lipinski definition) is 1. The molecule has 0 aliphatic carbocycles. The maximum atomic E-state index is 12.8. The van der Waals surface area contributed by atoms with Gasteiger partial charge in [-0.1, -0.05) is 24.3 Å². The number of anilines is 2. The molecule has 4 rings (SSSR count). The van der Waals surface area contributed by atoms with Gasteiger partial charge in [-0.3, -0.25) is 9.79 Å². The lowest BCUT2D eigenvalue weighted by atomic mass is 9.75. The maximum absolute atomic E-state index is 12.8. The number of thiophene rings is 1. The minimum atomic E-state index is -0.756. The molecule has 33 heavy (non-hydrogen) atoms. The summed E-state index contributed by atoms with van der Waals surface area (Å²) in [7, 11) is 2.66. The Bertz CT molecular complexity index is 1240. The number of esters is 2. The summed E-state index contributed by atoms with van der Waals surface area (Å²) in [6.07, 6.45) is 0. The zero-order chi connectivity index (χ0) is 23.5. The van der Waals surface area contributed by atoms with E-state index in [4.69, 9.17) is 14.5 Å². The van der Waals surface area contributed by atoms with Gasteiger partial charge in [0.25, 0.3) is 0 Å². The highest BCUT2D eigenvalue weighted by atomic mass is 32.1. The molecular weight excluding hydrogens is 458 g/mol. The van der Waals surface area contributed by atoms with Crippen molar-refractivity contribution in [1.82, 2.24) is 4.98 Å². The zero-order valence-electron chi connectivity index (χ0n) is 18.6. The predicted molar refractivity (Wildman–Crippen MR) is 131 cm³/mol. The van der Waals surface area contributed by atoms with E-state index in [-0.39, 0.29) is 0 Å². The van der Waals surface area contributed by atoms with Gasteiger partial charge in [-0.15, -0.1) is 22.7 Å². The van der Waals surface area contributed by atoms with E-state index < -0.39 is 23.8 Å². The number of ether oxygens (including phenoxy) is 2. The first-order valence-corrected chi connectivity index (χ1v) is 12.0. The molecule has 2 atom stereocenters. The Kier molecular flexibility index (Phi) is 6.71. The number of carbonyl (C=O) groups excluding carboxylic acids is 2. The summed E-state index contributed by atoms with van der Waals surface area (Å²) in [4.78, 5) is 35.9. The first-order valence-electron chi connectivity index (χ1n) is 10.2. The SMILES string of the molecule is COC(=O)C1=C(C)N=C(C)C(C(=O)OC)C1c1ccccc1Nc1nc(-c2cccs2)cs1. The lowest BCUT2D eigenvalue weighted by Crippen LogP contribution is -2.36. The van der Waals surface area contributed by atoms with Crippen LogP contribution in [0.2, 0.25) is 0 Å². The standard InChI is InChI=1S/C24H23N3O4S2/c1-13-19(22(28)30-3)21(20(14(2)25-13)23(29)31-4)15-8-5-6-9-16(15)26-24-27-17(12-33-24)18-10-7-11-32-18/h5-12,19,21H,1-4H3,(H,26,27). The normalized spacial score (nSPS) is 18.0. The van der Waals surface area contributed by atoms with E-state index >= 15 is 0 Å². The molecule has 0 saturated heterocycles. The number of aromatic nitrogens is 1. The second kappa shape index (κ2) is 9.68. The number of methoxy groups -OCH3 is 2. The molecule has 2 aromatic heterocycles. The van der Waals surface area contributed by atoms with Crippen LogP contribution < -0.4 is 5.32 Å². The van der Waals surface area contributed by atoms with E-state index in [0.29, 0.717) is 22.1 Å². The molecule has 0 saturated carbocycles. The molecular formula is C24H23N3O4S2. The summed E-state index contributed by atoms with van der Waals surface area (Å²) in [5.74, 6) is -2.36. The van der Waals surface area contributed by atoms with Crippen LogP contribution >= 0.6 is 22.7 Å². The van der Waals surface area contributed by atoms with Gasteiger partial charge in [0.1, 0.15) is 5.92 Å². The molecule has 3 aromatic rings. The van der Waals surface area contributed by atoms with Crippen molar-refractivity contribution in [2.45, 2.75) is 19.8 Å². The Hall–Kier alpha value is -3.30. The van der Waals surface area contributed by atoms with Crippen molar-refractivity contribution in [3.05, 3.63) is 64.0 Å². The molecule has 0 fully saturated rings. The summed E-state index contributed by atoms with van der Waals surface area (Å²) in [6.45, 7) is 3.52. The Morgan fingerprint density at radius 2 is 1.82 bits per heavy atom. The number of para-hydroxylation sites is 1. The molecule has 7 nitrogen and oxygen atoms in total. The first-order chi connectivity index (χ1) is 15.9. The third-order valence-corrected chi connectivity index (χ3v) is 7.15. The van der Waals surface area contributed by atoms with Crippen LogP contribution in [0.3, 0.4) is 0 Å². The van der Waals surface area contributed by atoms with Crippen LogP contribution in [-0.4, -0.2) is 36.9 Å². The molecule has 1 aromatic carbocycles. The van der Waals surface area contributed by atoms with Crippen LogP contribution in [0.1, 0.15) is 25.3 Å². The number of allylic oxidation sites excluding steroid dienone is 1. The minimum Gasteiger partial charge on any atom is -0.468 e. The summed E-state index contributed by atoms with van der Waals surface area (Å²) in [6, 6.07) is 11.6. The fraction of sp³-hybridized carbons (Fsp3) is 0.250. The molecule has 2 unspecified atom stereocenters. The Labute approximate surface area is 199 Å². The molecule has 1 N–H and O–H groups in total. The van der Waals surface area contributed by atoms with Gasteiger partial charge in [-0.05, 0) is 36.9 Å². The number of nitrogens with one attached hydrogen (secondary N) is 1. The van der Waals surface area contributed by atoms with Gasteiger partial charge < -0.3 is 14.8 Å². The maximum Gasteiger partial charge on any atom is 0.336 e. The van der Waals surface area contributed by atoms with Crippen molar-refractivity contribution in [2.75, 3.05) is 19.5 Å². The molecule has 9 heteroatoms. The summed E-state index contributed by atoms with van der Waals surface area (Å²) < 4.78 is 10.2. The number of benzene rings is 1. The minimum absolute atomic E-state index is 0.339. The van der Waals surface area contributed by atoms with Crippen LogP contribution in [0.4, 0.5) is 10.8 Å². The van der Waals surface area contributed by atoms with Crippen LogP contribution in [-0.2, 0) is 19.1 Å². The van der Waals surface area contributed by atoms with Crippen molar-refractivity contribution in [3.63, 3.8) is 0 Å². The van der Waals surface area contributed by atoms with Crippen molar-refractivity contribution in [1.29, 1.82) is 0 Å². The monoisotopic (exact) mass is 481 g/mol. The second-order valence-corrected chi connectivity index (χ2v) is 9.26. The van der Waals surface area contributed by atoms with Gasteiger partial charge in [-0.2, -0.15) is 0 Å². The molecule has 0 spiro atoms. The number of nitrogens with zero attached hydrogens (tertiary/aromatic N) is 2. The van der Waals surface area contributed by atoms with Crippen LogP contribution in [0, 0.1) is 5.92 Å². The first kappa shape index (κ1) is 22.9. The highest BCUT2D eigenvalue weighted by Crippen LogP contribution is 2.43. The smallest absolute Gasteiger partial charge is 0.336 e. The third-order valence-electron chi connectivity index (χ3n) is 5.50. The van der Waals surface area contributed by atoms with E-state index in [0.717, 1.165) is 21.8 Å². The fourth-order valence-corrected chi connectivity index (χ4v) is 5.53. The number of hydrogen-bond acceptors (Lipinski definition) is 9. The number of carbonyl (C=O) groups is 2. The molecule has 1 aliphatic rings. The molecule has 3 heterocycles. The van der Waals surface area contributed by atoms with Crippen LogP contribution in [0.5, 0.6) is 0 Å². The van der Waals surface area contributed by atoms with E-state index in [2.05, 4.69) is 10.3 Å². The molecule has 0 bridgehead atoms. The van der Waals surface area contributed by atoms with Crippen molar-refractivity contribution >= 4 is 51.1 Å². The van der Waals surface area contributed by atoms with Gasteiger partial charge in [-0.25, -0.2) is 9.78 Å². The van der Waals surface area contributed by atoms with E-state index in [9.17, 15) is 9.59 Å². The van der Waals surface area contributed by atoms with E-state index in [1.165, 1.54) is 25.6 Å². The Morgan fingerprint density at radius 3 is 2.52 bits per heavy atom. The van der Waals surface area contributed by atoms with Gasteiger partial charge in [0.05, 0.1) is 30.4 Å². The number of thiazole rings is 1. The molecule has 170 valence electrons. The summed E-state index contributed by atoms with van der Waals surface area (Å²) >= 11 is 3.12.